The van der Waals surface area contributed by atoms with Gasteiger partial charge in [0.05, 0.1) is 11.7 Å². The Morgan fingerprint density at radius 1 is 1.26 bits per heavy atom. The van der Waals surface area contributed by atoms with Gasteiger partial charge in [-0.25, -0.2) is 9.78 Å². The quantitative estimate of drug-likeness (QED) is 0.861. The van der Waals surface area contributed by atoms with Crippen LogP contribution in [0.15, 0.2) is 42.5 Å². The maximum Gasteiger partial charge on any atom is 0.433 e. The molecule has 3 amide bonds. The predicted molar refractivity (Wildman–Crippen MR) is 91.8 cm³/mol. The second kappa shape index (κ2) is 6.90. The maximum absolute atomic E-state index is 13.0. The van der Waals surface area contributed by atoms with Gasteiger partial charge in [-0.2, -0.15) is 13.2 Å². The fourth-order valence-corrected chi connectivity index (χ4v) is 3.17. The predicted octanol–water partition coefficient (Wildman–Crippen LogP) is 2.79. The summed E-state index contributed by atoms with van der Waals surface area (Å²) in [5.41, 5.74) is 5.55. The molecule has 1 aliphatic rings. The highest BCUT2D eigenvalue weighted by Crippen LogP contribution is 2.35. The molecule has 2 heterocycles. The van der Waals surface area contributed by atoms with Crippen molar-refractivity contribution < 1.29 is 22.8 Å². The van der Waals surface area contributed by atoms with E-state index in [2.05, 4.69) is 10.3 Å². The van der Waals surface area contributed by atoms with E-state index in [0.717, 1.165) is 11.6 Å². The zero-order valence-electron chi connectivity index (χ0n) is 14.3. The lowest BCUT2D eigenvalue weighted by atomic mass is 9.95. The van der Waals surface area contributed by atoms with Gasteiger partial charge in [0.25, 0.3) is 5.91 Å². The minimum absolute atomic E-state index is 0.0905. The van der Waals surface area contributed by atoms with Gasteiger partial charge in [-0.15, -0.1) is 0 Å². The smallest absolute Gasteiger partial charge is 0.352 e. The van der Waals surface area contributed by atoms with E-state index in [1.165, 1.54) is 17.0 Å². The first-order valence-electron chi connectivity index (χ1n) is 8.19. The van der Waals surface area contributed by atoms with E-state index in [-0.39, 0.29) is 12.1 Å². The number of carbonyl (C=O) groups excluding carboxylic acids is 2. The number of nitrogens with zero attached hydrogens (tertiary/aromatic N) is 2. The van der Waals surface area contributed by atoms with Crippen LogP contribution in [0.25, 0.3) is 0 Å². The number of hydrogen-bond acceptors (Lipinski definition) is 3. The van der Waals surface area contributed by atoms with E-state index in [9.17, 15) is 22.8 Å². The molecular weight excluding hydrogens is 361 g/mol. The molecule has 3 N–H and O–H groups in total. The topological polar surface area (TPSA) is 88.3 Å². The summed E-state index contributed by atoms with van der Waals surface area (Å²) in [5.74, 6) is -0.459. The minimum atomic E-state index is -4.59. The van der Waals surface area contributed by atoms with Crippen LogP contribution in [0.5, 0.6) is 0 Å². The number of nitrogens with two attached hydrogens (primary N) is 1. The SMILES string of the molecule is C[C@@H](c1cccc(C(F)(F)F)n1)N1C(=O)[C@H](NC(N)=O)Cc2ccccc21. The van der Waals surface area contributed by atoms with Crippen LogP contribution in [-0.2, 0) is 17.4 Å². The summed E-state index contributed by atoms with van der Waals surface area (Å²) in [7, 11) is 0. The van der Waals surface area contributed by atoms with Crippen molar-refractivity contribution in [3.05, 3.63) is 59.4 Å². The Hall–Kier alpha value is -3.10. The van der Waals surface area contributed by atoms with Gasteiger partial charge < -0.3 is 16.0 Å². The summed E-state index contributed by atoms with van der Waals surface area (Å²) in [6.07, 6.45) is -4.34. The Morgan fingerprint density at radius 2 is 1.96 bits per heavy atom. The van der Waals surface area contributed by atoms with E-state index in [1.54, 1.807) is 31.2 Å². The van der Waals surface area contributed by atoms with E-state index in [4.69, 9.17) is 5.73 Å². The first kappa shape index (κ1) is 18.7. The molecule has 0 saturated heterocycles. The molecule has 0 aliphatic carbocycles. The lowest BCUT2D eigenvalue weighted by Crippen LogP contribution is -2.54. The lowest BCUT2D eigenvalue weighted by Gasteiger charge is -2.37. The molecular formula is C18H17F3N4O2. The number of pyridine rings is 1. The van der Waals surface area contributed by atoms with Crippen LogP contribution in [0, 0.1) is 0 Å². The number of alkyl halides is 3. The number of hydrogen-bond donors (Lipinski definition) is 2. The first-order chi connectivity index (χ1) is 12.7. The van der Waals surface area contributed by atoms with Crippen molar-refractivity contribution in [1.29, 1.82) is 0 Å². The Labute approximate surface area is 153 Å². The van der Waals surface area contributed by atoms with Crippen molar-refractivity contribution in [1.82, 2.24) is 10.3 Å². The van der Waals surface area contributed by atoms with E-state index < -0.39 is 35.9 Å². The Bertz CT molecular complexity index is 885. The number of carbonyl (C=O) groups is 2. The average molecular weight is 378 g/mol. The van der Waals surface area contributed by atoms with E-state index >= 15 is 0 Å². The molecule has 0 spiro atoms. The summed E-state index contributed by atoms with van der Waals surface area (Å²) in [6.45, 7) is 1.59. The van der Waals surface area contributed by atoms with Crippen molar-refractivity contribution in [3.8, 4) is 0 Å². The summed E-state index contributed by atoms with van der Waals surface area (Å²) >= 11 is 0. The summed E-state index contributed by atoms with van der Waals surface area (Å²) in [4.78, 5) is 29.2. The second-order valence-electron chi connectivity index (χ2n) is 6.22. The zero-order chi connectivity index (χ0) is 19.8. The highest BCUT2D eigenvalue weighted by Gasteiger charge is 2.38. The first-order valence-corrected chi connectivity index (χ1v) is 8.19. The van der Waals surface area contributed by atoms with Crippen LogP contribution in [0.3, 0.4) is 0 Å². The monoisotopic (exact) mass is 378 g/mol. The number of primary amides is 1. The Morgan fingerprint density at radius 3 is 2.63 bits per heavy atom. The fourth-order valence-electron chi connectivity index (χ4n) is 3.17. The van der Waals surface area contributed by atoms with Crippen LogP contribution in [0.4, 0.5) is 23.7 Å². The molecule has 6 nitrogen and oxygen atoms in total. The zero-order valence-corrected chi connectivity index (χ0v) is 14.3. The number of para-hydroxylation sites is 1. The van der Waals surface area contributed by atoms with Crippen LogP contribution < -0.4 is 16.0 Å². The van der Waals surface area contributed by atoms with Crippen molar-refractivity contribution in [2.45, 2.75) is 31.6 Å². The molecule has 142 valence electrons. The molecule has 0 fully saturated rings. The molecule has 0 saturated carbocycles. The van der Waals surface area contributed by atoms with Gasteiger partial charge in [-0.05, 0) is 30.7 Å². The number of nitrogens with one attached hydrogen (secondary N) is 1. The lowest BCUT2D eigenvalue weighted by molar-refractivity contribution is -0.141. The Kier molecular flexibility index (Phi) is 4.77. The molecule has 1 aromatic carbocycles. The third kappa shape index (κ3) is 3.71. The average Bonchev–Trinajstić information content (AvgIpc) is 2.61. The summed E-state index contributed by atoms with van der Waals surface area (Å²) in [5, 5.41) is 2.39. The third-order valence-electron chi connectivity index (χ3n) is 4.40. The van der Waals surface area contributed by atoms with E-state index in [1.807, 2.05) is 0 Å². The van der Waals surface area contributed by atoms with Crippen molar-refractivity contribution in [2.75, 3.05) is 4.90 Å². The normalized spacial score (nSPS) is 18.0. The molecule has 2 aromatic rings. The number of amides is 3. The molecule has 1 aromatic heterocycles. The number of fused-ring (bicyclic) bond motifs is 1. The number of halogens is 3. The number of rotatable bonds is 3. The van der Waals surface area contributed by atoms with Crippen LogP contribution in [0.2, 0.25) is 0 Å². The number of benzene rings is 1. The maximum atomic E-state index is 13.0. The number of urea groups is 1. The molecule has 0 bridgehead atoms. The van der Waals surface area contributed by atoms with Crippen LogP contribution in [-0.4, -0.2) is 23.0 Å². The van der Waals surface area contributed by atoms with Gasteiger partial charge in [0.1, 0.15) is 11.7 Å². The molecule has 0 radical (unpaired) electrons. The van der Waals surface area contributed by atoms with Gasteiger partial charge in [0.2, 0.25) is 0 Å². The summed E-state index contributed by atoms with van der Waals surface area (Å²) < 4.78 is 39.0. The second-order valence-corrected chi connectivity index (χ2v) is 6.22. The highest BCUT2D eigenvalue weighted by atomic mass is 19.4. The van der Waals surface area contributed by atoms with Crippen LogP contribution >= 0.6 is 0 Å². The standard InChI is InChI=1S/C18H17F3N4O2/c1-10(12-6-4-8-15(23-12)18(19,20)21)25-14-7-3-2-5-11(14)9-13(16(25)26)24-17(22)27/h2-8,10,13H,9H2,1H3,(H3,22,24,27)/t10-,13+/m0/s1. The fraction of sp³-hybridized carbons (Fsp3) is 0.278. The summed E-state index contributed by atoms with van der Waals surface area (Å²) in [6, 6.07) is 8.03. The largest absolute Gasteiger partial charge is 0.433 e. The van der Waals surface area contributed by atoms with Gasteiger partial charge in [0.15, 0.2) is 0 Å². The van der Waals surface area contributed by atoms with Crippen molar-refractivity contribution >= 4 is 17.6 Å². The van der Waals surface area contributed by atoms with Gasteiger partial charge in [-0.1, -0.05) is 24.3 Å². The molecule has 9 heteroatoms. The Balaban J connectivity index is 2.03. The molecule has 0 unspecified atom stereocenters. The minimum Gasteiger partial charge on any atom is -0.352 e. The molecule has 27 heavy (non-hydrogen) atoms. The van der Waals surface area contributed by atoms with Gasteiger partial charge in [0, 0.05) is 12.1 Å². The van der Waals surface area contributed by atoms with Gasteiger partial charge >= 0.3 is 12.2 Å². The van der Waals surface area contributed by atoms with E-state index in [0.29, 0.717) is 5.69 Å². The third-order valence-corrected chi connectivity index (χ3v) is 4.40. The number of aromatic nitrogens is 1. The van der Waals surface area contributed by atoms with Crippen LogP contribution in [0.1, 0.15) is 29.9 Å². The van der Waals surface area contributed by atoms with Crippen molar-refractivity contribution in [3.63, 3.8) is 0 Å². The highest BCUT2D eigenvalue weighted by molar-refractivity contribution is 6.02. The number of anilines is 1. The van der Waals surface area contributed by atoms with Crippen molar-refractivity contribution in [2.24, 2.45) is 5.73 Å². The molecule has 1 aliphatic heterocycles. The molecule has 2 atom stereocenters. The van der Waals surface area contributed by atoms with Gasteiger partial charge in [-0.3, -0.25) is 4.79 Å². The molecule has 3 rings (SSSR count).